The summed E-state index contributed by atoms with van der Waals surface area (Å²) in [5.41, 5.74) is 4.50. The van der Waals surface area contributed by atoms with E-state index in [1.165, 1.54) is 21.6 Å². The second-order valence-electron chi connectivity index (χ2n) is 4.38. The van der Waals surface area contributed by atoms with Gasteiger partial charge in [0.1, 0.15) is 0 Å². The summed E-state index contributed by atoms with van der Waals surface area (Å²) in [5.74, 6) is 0. The first-order valence-corrected chi connectivity index (χ1v) is 6.82. The van der Waals surface area contributed by atoms with Crippen molar-refractivity contribution in [1.29, 1.82) is 5.26 Å². The van der Waals surface area contributed by atoms with Crippen LogP contribution in [-0.2, 0) is 13.1 Å². The molecule has 0 fully saturated rings. The van der Waals surface area contributed by atoms with Crippen LogP contribution < -0.4 is 5.32 Å². The maximum absolute atomic E-state index is 8.82. The van der Waals surface area contributed by atoms with Crippen molar-refractivity contribution in [3.05, 3.63) is 56.8 Å². The van der Waals surface area contributed by atoms with E-state index in [0.29, 0.717) is 0 Å². The Hall–Kier alpha value is -1.63. The number of hydrogen-bond donors (Lipinski definition) is 1. The van der Waals surface area contributed by atoms with Gasteiger partial charge in [0.05, 0.1) is 11.6 Å². The van der Waals surface area contributed by atoms with Crippen molar-refractivity contribution in [3.63, 3.8) is 0 Å². The zero-order valence-corrected chi connectivity index (χ0v) is 11.5. The lowest BCUT2D eigenvalue weighted by Crippen LogP contribution is -2.13. The third kappa shape index (κ3) is 2.98. The van der Waals surface area contributed by atoms with Crippen LogP contribution in [-0.4, -0.2) is 0 Å². The number of hydrogen-bond acceptors (Lipinski definition) is 3. The molecule has 1 heterocycles. The van der Waals surface area contributed by atoms with E-state index in [1.54, 1.807) is 11.3 Å². The van der Waals surface area contributed by atoms with E-state index in [9.17, 15) is 0 Å². The molecule has 0 unspecified atom stereocenters. The summed E-state index contributed by atoms with van der Waals surface area (Å²) >= 11 is 1.79. The molecule has 0 atom stereocenters. The number of nitriles is 1. The number of aryl methyl sites for hydroxylation is 2. The SMILES string of the molecule is Cc1cc(C#N)ccc1CNCc1sccc1C. The van der Waals surface area contributed by atoms with Gasteiger partial charge in [-0.15, -0.1) is 11.3 Å². The van der Waals surface area contributed by atoms with E-state index in [4.69, 9.17) is 5.26 Å². The Bertz CT molecular complexity index is 578. The molecular formula is C15H16N2S. The average molecular weight is 256 g/mol. The number of benzene rings is 1. The maximum Gasteiger partial charge on any atom is 0.0991 e. The summed E-state index contributed by atoms with van der Waals surface area (Å²) in [6.07, 6.45) is 0. The summed E-state index contributed by atoms with van der Waals surface area (Å²) in [5, 5.41) is 14.4. The Kier molecular flexibility index (Phi) is 4.14. The van der Waals surface area contributed by atoms with Gasteiger partial charge in [0, 0.05) is 18.0 Å². The van der Waals surface area contributed by atoms with Crippen LogP contribution in [0.5, 0.6) is 0 Å². The van der Waals surface area contributed by atoms with E-state index >= 15 is 0 Å². The highest BCUT2D eigenvalue weighted by atomic mass is 32.1. The van der Waals surface area contributed by atoms with Gasteiger partial charge >= 0.3 is 0 Å². The lowest BCUT2D eigenvalue weighted by atomic mass is 10.1. The fourth-order valence-electron chi connectivity index (χ4n) is 1.86. The lowest BCUT2D eigenvalue weighted by molar-refractivity contribution is 0.696. The maximum atomic E-state index is 8.82. The molecule has 0 amide bonds. The van der Waals surface area contributed by atoms with E-state index in [2.05, 4.69) is 29.8 Å². The standard InChI is InChI=1S/C15H16N2S/c1-11-5-6-18-15(11)10-17-9-14-4-3-13(8-16)7-12(14)2/h3-7,17H,9-10H2,1-2H3. The molecule has 92 valence electrons. The van der Waals surface area contributed by atoms with Crippen LogP contribution >= 0.6 is 11.3 Å². The summed E-state index contributed by atoms with van der Waals surface area (Å²) < 4.78 is 0. The molecule has 0 saturated carbocycles. The fraction of sp³-hybridized carbons (Fsp3) is 0.267. The summed E-state index contributed by atoms with van der Waals surface area (Å²) in [6.45, 7) is 5.94. The summed E-state index contributed by atoms with van der Waals surface area (Å²) in [4.78, 5) is 1.39. The molecule has 18 heavy (non-hydrogen) atoms. The van der Waals surface area contributed by atoms with Crippen LogP contribution in [0.2, 0.25) is 0 Å². The van der Waals surface area contributed by atoms with Crippen LogP contribution in [0.3, 0.4) is 0 Å². The first kappa shape index (κ1) is 12.8. The predicted molar refractivity (Wildman–Crippen MR) is 75.5 cm³/mol. The van der Waals surface area contributed by atoms with E-state index in [0.717, 1.165) is 18.7 Å². The van der Waals surface area contributed by atoms with Crippen LogP contribution in [0, 0.1) is 25.2 Å². The Morgan fingerprint density at radius 2 is 2.00 bits per heavy atom. The third-order valence-corrected chi connectivity index (χ3v) is 4.06. The Morgan fingerprint density at radius 1 is 1.17 bits per heavy atom. The first-order valence-electron chi connectivity index (χ1n) is 5.94. The molecule has 0 spiro atoms. The molecule has 2 nitrogen and oxygen atoms in total. The zero-order valence-electron chi connectivity index (χ0n) is 10.7. The van der Waals surface area contributed by atoms with Crippen LogP contribution in [0.25, 0.3) is 0 Å². The molecular weight excluding hydrogens is 240 g/mol. The Labute approximate surface area is 112 Å². The minimum Gasteiger partial charge on any atom is -0.308 e. The van der Waals surface area contributed by atoms with Crippen LogP contribution in [0.4, 0.5) is 0 Å². The molecule has 3 heteroatoms. The minimum absolute atomic E-state index is 0.727. The van der Waals surface area contributed by atoms with Gasteiger partial charge < -0.3 is 5.32 Å². The molecule has 0 bridgehead atoms. The average Bonchev–Trinajstić information content (AvgIpc) is 2.77. The zero-order chi connectivity index (χ0) is 13.0. The molecule has 2 aromatic rings. The summed E-state index contributed by atoms with van der Waals surface area (Å²) in [6, 6.07) is 10.2. The molecule has 0 aliphatic heterocycles. The quantitative estimate of drug-likeness (QED) is 0.908. The fourth-order valence-corrected chi connectivity index (χ4v) is 2.74. The molecule has 1 aromatic heterocycles. The van der Waals surface area contributed by atoms with Crippen molar-refractivity contribution in [3.8, 4) is 6.07 Å². The van der Waals surface area contributed by atoms with Gasteiger partial charge in [-0.25, -0.2) is 0 Å². The van der Waals surface area contributed by atoms with Crippen molar-refractivity contribution < 1.29 is 0 Å². The highest BCUT2D eigenvalue weighted by molar-refractivity contribution is 7.10. The largest absolute Gasteiger partial charge is 0.308 e. The van der Waals surface area contributed by atoms with Gasteiger partial charge in [0.15, 0.2) is 0 Å². The normalized spacial score (nSPS) is 10.3. The lowest BCUT2D eigenvalue weighted by Gasteiger charge is -2.08. The van der Waals surface area contributed by atoms with Gasteiger partial charge in [0.2, 0.25) is 0 Å². The summed E-state index contributed by atoms with van der Waals surface area (Å²) in [7, 11) is 0. The molecule has 1 aromatic carbocycles. The highest BCUT2D eigenvalue weighted by Crippen LogP contribution is 2.15. The van der Waals surface area contributed by atoms with Crippen molar-refractivity contribution >= 4 is 11.3 Å². The number of rotatable bonds is 4. The van der Waals surface area contributed by atoms with Crippen molar-refractivity contribution in [2.45, 2.75) is 26.9 Å². The molecule has 1 N–H and O–H groups in total. The van der Waals surface area contributed by atoms with E-state index in [-0.39, 0.29) is 0 Å². The van der Waals surface area contributed by atoms with Crippen LogP contribution in [0.1, 0.15) is 27.1 Å². The predicted octanol–water partition coefficient (Wildman–Crippen LogP) is 3.53. The van der Waals surface area contributed by atoms with Gasteiger partial charge in [-0.2, -0.15) is 5.26 Å². The number of nitrogens with zero attached hydrogens (tertiary/aromatic N) is 1. The third-order valence-electron chi connectivity index (χ3n) is 3.04. The Morgan fingerprint density at radius 3 is 2.61 bits per heavy atom. The molecule has 0 saturated heterocycles. The monoisotopic (exact) mass is 256 g/mol. The highest BCUT2D eigenvalue weighted by Gasteiger charge is 2.02. The number of thiophene rings is 1. The first-order chi connectivity index (χ1) is 8.70. The Balaban J connectivity index is 1.95. The van der Waals surface area contributed by atoms with Crippen molar-refractivity contribution in [2.24, 2.45) is 0 Å². The smallest absolute Gasteiger partial charge is 0.0991 e. The second-order valence-corrected chi connectivity index (χ2v) is 5.38. The van der Waals surface area contributed by atoms with Gasteiger partial charge in [-0.05, 0) is 54.1 Å². The molecule has 0 aliphatic carbocycles. The van der Waals surface area contributed by atoms with E-state index in [1.807, 2.05) is 25.1 Å². The molecule has 0 radical (unpaired) electrons. The van der Waals surface area contributed by atoms with Gasteiger partial charge in [0.25, 0.3) is 0 Å². The van der Waals surface area contributed by atoms with Crippen molar-refractivity contribution in [1.82, 2.24) is 5.32 Å². The van der Waals surface area contributed by atoms with Gasteiger partial charge in [-0.1, -0.05) is 6.07 Å². The second kappa shape index (κ2) is 5.81. The van der Waals surface area contributed by atoms with Crippen molar-refractivity contribution in [2.75, 3.05) is 0 Å². The number of nitrogens with one attached hydrogen (secondary N) is 1. The molecule has 2 rings (SSSR count). The van der Waals surface area contributed by atoms with Gasteiger partial charge in [-0.3, -0.25) is 0 Å². The topological polar surface area (TPSA) is 35.8 Å². The minimum atomic E-state index is 0.727. The molecule has 0 aliphatic rings. The van der Waals surface area contributed by atoms with Crippen LogP contribution in [0.15, 0.2) is 29.6 Å². The van der Waals surface area contributed by atoms with E-state index < -0.39 is 0 Å².